The van der Waals surface area contributed by atoms with Gasteiger partial charge >= 0.3 is 0 Å². The second kappa shape index (κ2) is 5.73. The molecule has 0 bridgehead atoms. The van der Waals surface area contributed by atoms with Gasteiger partial charge in [0.05, 0.1) is 24.7 Å². The lowest BCUT2D eigenvalue weighted by atomic mass is 9.67. The van der Waals surface area contributed by atoms with Crippen molar-refractivity contribution in [2.75, 3.05) is 31.2 Å². The van der Waals surface area contributed by atoms with E-state index in [2.05, 4.69) is 20.8 Å². The fourth-order valence-corrected chi connectivity index (χ4v) is 6.90. The molecule has 3 aliphatic rings. The highest BCUT2D eigenvalue weighted by atomic mass is 32.2. The van der Waals surface area contributed by atoms with E-state index in [0.29, 0.717) is 32.0 Å². The highest BCUT2D eigenvalue weighted by molar-refractivity contribution is 7.91. The van der Waals surface area contributed by atoms with E-state index in [-0.39, 0.29) is 28.7 Å². The van der Waals surface area contributed by atoms with Crippen molar-refractivity contribution < 1.29 is 17.9 Å². The summed E-state index contributed by atoms with van der Waals surface area (Å²) in [7, 11) is -3.02. The first kappa shape index (κ1) is 17.2. The third kappa shape index (κ3) is 3.73. The van der Waals surface area contributed by atoms with E-state index in [1.165, 1.54) is 6.42 Å². The Hall–Kier alpha value is -0.620. The van der Waals surface area contributed by atoms with E-state index in [1.807, 2.05) is 4.90 Å². The summed E-state index contributed by atoms with van der Waals surface area (Å²) in [6.07, 6.45) is 3.57. The van der Waals surface area contributed by atoms with E-state index in [0.717, 1.165) is 12.8 Å². The maximum absolute atomic E-state index is 13.0. The maximum atomic E-state index is 13.0. The molecule has 0 aromatic heterocycles. The number of hydrogen-bond donors (Lipinski definition) is 0. The molecule has 0 N–H and O–H groups in total. The van der Waals surface area contributed by atoms with Gasteiger partial charge in [-0.15, -0.1) is 0 Å². The highest BCUT2D eigenvalue weighted by Gasteiger charge is 2.48. The van der Waals surface area contributed by atoms with Crippen LogP contribution < -0.4 is 0 Å². The van der Waals surface area contributed by atoms with Crippen LogP contribution in [0.1, 0.15) is 46.5 Å². The van der Waals surface area contributed by atoms with Gasteiger partial charge in [-0.05, 0) is 37.0 Å². The van der Waals surface area contributed by atoms with Crippen LogP contribution in [-0.2, 0) is 19.4 Å². The van der Waals surface area contributed by atoms with Gasteiger partial charge in [0.1, 0.15) is 5.60 Å². The van der Waals surface area contributed by atoms with Gasteiger partial charge in [0, 0.05) is 12.5 Å². The van der Waals surface area contributed by atoms with Crippen LogP contribution in [-0.4, -0.2) is 56.0 Å². The third-order valence-electron chi connectivity index (χ3n) is 5.65. The molecule has 3 atom stereocenters. The highest BCUT2D eigenvalue weighted by Crippen LogP contribution is 2.42. The molecule has 1 amide bonds. The Morgan fingerprint density at radius 3 is 2.61 bits per heavy atom. The van der Waals surface area contributed by atoms with E-state index < -0.39 is 15.4 Å². The van der Waals surface area contributed by atoms with E-state index >= 15 is 0 Å². The Bertz CT molecular complexity index is 585. The van der Waals surface area contributed by atoms with Crippen LogP contribution >= 0.6 is 0 Å². The van der Waals surface area contributed by atoms with Gasteiger partial charge in [-0.1, -0.05) is 20.8 Å². The first-order chi connectivity index (χ1) is 10.6. The van der Waals surface area contributed by atoms with Gasteiger partial charge in [0.15, 0.2) is 9.84 Å². The number of rotatable bonds is 1. The second-order valence-electron chi connectivity index (χ2n) is 8.74. The molecule has 132 valence electrons. The molecule has 2 saturated heterocycles. The largest absolute Gasteiger partial charge is 0.370 e. The normalized spacial score (nSPS) is 39.5. The number of amides is 1. The van der Waals surface area contributed by atoms with Gasteiger partial charge < -0.3 is 9.64 Å². The molecular formula is C17H29NO4S. The van der Waals surface area contributed by atoms with Crippen molar-refractivity contribution in [1.82, 2.24) is 4.90 Å². The fourth-order valence-electron chi connectivity index (χ4n) is 4.95. The van der Waals surface area contributed by atoms with Crippen LogP contribution in [0.25, 0.3) is 0 Å². The zero-order chi connectivity index (χ0) is 16.9. The lowest BCUT2D eigenvalue weighted by Gasteiger charge is -2.44. The maximum Gasteiger partial charge on any atom is 0.225 e. The second-order valence-corrected chi connectivity index (χ2v) is 10.9. The van der Waals surface area contributed by atoms with Crippen molar-refractivity contribution in [3.05, 3.63) is 0 Å². The first-order valence-corrected chi connectivity index (χ1v) is 10.6. The molecule has 5 nitrogen and oxygen atoms in total. The van der Waals surface area contributed by atoms with Gasteiger partial charge in [-0.25, -0.2) is 8.42 Å². The average molecular weight is 343 g/mol. The molecule has 1 aliphatic carbocycles. The van der Waals surface area contributed by atoms with Crippen molar-refractivity contribution in [3.63, 3.8) is 0 Å². The number of carbonyl (C=O) groups is 1. The van der Waals surface area contributed by atoms with E-state index in [9.17, 15) is 13.2 Å². The number of sulfone groups is 1. The Morgan fingerprint density at radius 2 is 2.00 bits per heavy atom. The third-order valence-corrected chi connectivity index (χ3v) is 7.44. The van der Waals surface area contributed by atoms with Crippen molar-refractivity contribution in [2.45, 2.75) is 52.1 Å². The van der Waals surface area contributed by atoms with Crippen LogP contribution in [0.5, 0.6) is 0 Å². The molecule has 2 heterocycles. The van der Waals surface area contributed by atoms with Crippen LogP contribution in [0.4, 0.5) is 0 Å². The predicted octanol–water partition coefficient (Wildman–Crippen LogP) is 1.86. The van der Waals surface area contributed by atoms with Crippen LogP contribution in [0.3, 0.4) is 0 Å². The Morgan fingerprint density at radius 1 is 1.26 bits per heavy atom. The smallest absolute Gasteiger partial charge is 0.225 e. The minimum absolute atomic E-state index is 0.0658. The molecule has 0 radical (unpaired) electrons. The summed E-state index contributed by atoms with van der Waals surface area (Å²) in [5.41, 5.74) is -0.443. The summed E-state index contributed by atoms with van der Waals surface area (Å²) < 4.78 is 29.5. The van der Waals surface area contributed by atoms with Crippen molar-refractivity contribution in [1.29, 1.82) is 0 Å². The summed E-state index contributed by atoms with van der Waals surface area (Å²) in [6, 6.07) is 0. The summed E-state index contributed by atoms with van der Waals surface area (Å²) >= 11 is 0. The van der Waals surface area contributed by atoms with Crippen molar-refractivity contribution in [3.8, 4) is 0 Å². The van der Waals surface area contributed by atoms with Crippen LogP contribution in [0, 0.1) is 17.3 Å². The SMILES string of the molecule is CC1CC(C(=O)N2CCOC3(CCS(=O)(=O)C3)C2)CC(C)(C)C1. The quantitative estimate of drug-likeness (QED) is 0.729. The summed E-state index contributed by atoms with van der Waals surface area (Å²) in [6.45, 7) is 8.20. The number of carbonyl (C=O) groups excluding carboxylic acids is 1. The molecule has 0 aromatic rings. The van der Waals surface area contributed by atoms with Crippen LogP contribution in [0.2, 0.25) is 0 Å². The van der Waals surface area contributed by atoms with Gasteiger partial charge in [0.25, 0.3) is 0 Å². The van der Waals surface area contributed by atoms with E-state index in [4.69, 9.17) is 4.74 Å². The van der Waals surface area contributed by atoms with Gasteiger partial charge in [0.2, 0.25) is 5.91 Å². The minimum Gasteiger partial charge on any atom is -0.370 e. The summed E-state index contributed by atoms with van der Waals surface area (Å²) in [5.74, 6) is 1.09. The zero-order valence-electron chi connectivity index (χ0n) is 14.5. The zero-order valence-corrected chi connectivity index (χ0v) is 15.3. The topological polar surface area (TPSA) is 63.7 Å². The average Bonchev–Trinajstić information content (AvgIpc) is 2.70. The van der Waals surface area contributed by atoms with E-state index in [1.54, 1.807) is 0 Å². The van der Waals surface area contributed by atoms with Crippen LogP contribution in [0.15, 0.2) is 0 Å². The molecule has 1 saturated carbocycles. The number of hydrogen-bond acceptors (Lipinski definition) is 4. The molecule has 23 heavy (non-hydrogen) atoms. The molecule has 3 unspecified atom stereocenters. The fraction of sp³-hybridized carbons (Fsp3) is 0.941. The minimum atomic E-state index is -3.02. The summed E-state index contributed by atoms with van der Waals surface area (Å²) in [4.78, 5) is 14.9. The molecule has 0 aromatic carbocycles. The molecular weight excluding hydrogens is 314 g/mol. The molecule has 3 fully saturated rings. The standard InChI is InChI=1S/C17H29NO4S/c1-13-8-14(10-16(2,3)9-13)15(19)18-5-6-22-17(11-18)4-7-23(20,21)12-17/h13-14H,4-12H2,1-3H3. The molecule has 1 spiro atoms. The predicted molar refractivity (Wildman–Crippen MR) is 88.8 cm³/mol. The Labute approximate surface area is 139 Å². The first-order valence-electron chi connectivity index (χ1n) is 8.73. The van der Waals surface area contributed by atoms with Gasteiger partial charge in [-0.2, -0.15) is 0 Å². The number of morpholine rings is 1. The number of nitrogens with zero attached hydrogens (tertiary/aromatic N) is 1. The lowest BCUT2D eigenvalue weighted by molar-refractivity contribution is -0.154. The van der Waals surface area contributed by atoms with Crippen molar-refractivity contribution in [2.24, 2.45) is 17.3 Å². The number of ether oxygens (including phenoxy) is 1. The molecule has 6 heteroatoms. The van der Waals surface area contributed by atoms with Crippen molar-refractivity contribution >= 4 is 15.7 Å². The Balaban J connectivity index is 1.70. The Kier molecular flexibility index (Phi) is 4.28. The molecule has 2 aliphatic heterocycles. The van der Waals surface area contributed by atoms with Gasteiger partial charge in [-0.3, -0.25) is 4.79 Å². The molecule has 3 rings (SSSR count). The monoisotopic (exact) mass is 343 g/mol. The summed E-state index contributed by atoms with van der Waals surface area (Å²) in [5, 5.41) is 0. The lowest BCUT2D eigenvalue weighted by Crippen LogP contribution is -2.56.